The maximum atomic E-state index is 11.6. The summed E-state index contributed by atoms with van der Waals surface area (Å²) in [5.74, 6) is -0.200. The van der Waals surface area contributed by atoms with E-state index in [0.29, 0.717) is 17.7 Å². The lowest BCUT2D eigenvalue weighted by Crippen LogP contribution is -2.18. The van der Waals surface area contributed by atoms with Gasteiger partial charge in [0.15, 0.2) is 0 Å². The molecule has 0 aliphatic heterocycles. The molecule has 21 heavy (non-hydrogen) atoms. The quantitative estimate of drug-likeness (QED) is 0.390. The van der Waals surface area contributed by atoms with Gasteiger partial charge in [0, 0.05) is 18.1 Å². The standard InChI is InChI=1S/C16H24N2O3/c1-3-4-5-6-7-8-16(21)18-17-12(2)14-10-9-13(19)11-15(14)20/h9-11,19-20H,3-8H2,1-2H3,(H,18,21). The van der Waals surface area contributed by atoms with E-state index in [4.69, 9.17) is 0 Å². The topological polar surface area (TPSA) is 81.9 Å². The van der Waals surface area contributed by atoms with Gasteiger partial charge < -0.3 is 10.2 Å². The van der Waals surface area contributed by atoms with Crippen LogP contribution < -0.4 is 5.43 Å². The number of benzene rings is 1. The Morgan fingerprint density at radius 2 is 1.90 bits per heavy atom. The zero-order valence-corrected chi connectivity index (χ0v) is 12.7. The molecule has 116 valence electrons. The monoisotopic (exact) mass is 292 g/mol. The lowest BCUT2D eigenvalue weighted by Gasteiger charge is -2.05. The van der Waals surface area contributed by atoms with E-state index in [0.717, 1.165) is 19.3 Å². The smallest absolute Gasteiger partial charge is 0.240 e. The van der Waals surface area contributed by atoms with Crippen LogP contribution in [0.2, 0.25) is 0 Å². The van der Waals surface area contributed by atoms with Gasteiger partial charge in [-0.05, 0) is 25.5 Å². The Bertz CT molecular complexity index is 498. The van der Waals surface area contributed by atoms with Gasteiger partial charge in [-0.25, -0.2) is 5.43 Å². The number of amides is 1. The van der Waals surface area contributed by atoms with Crippen molar-refractivity contribution in [2.45, 2.75) is 52.4 Å². The van der Waals surface area contributed by atoms with Crippen LogP contribution in [0.25, 0.3) is 0 Å². The van der Waals surface area contributed by atoms with Crippen molar-refractivity contribution in [2.75, 3.05) is 0 Å². The fourth-order valence-corrected chi connectivity index (χ4v) is 1.98. The van der Waals surface area contributed by atoms with Crippen LogP contribution >= 0.6 is 0 Å². The summed E-state index contributed by atoms with van der Waals surface area (Å²) in [5.41, 5.74) is 3.46. The first-order valence-electron chi connectivity index (χ1n) is 7.40. The summed E-state index contributed by atoms with van der Waals surface area (Å²) in [7, 11) is 0. The largest absolute Gasteiger partial charge is 0.508 e. The number of rotatable bonds is 8. The Balaban J connectivity index is 2.42. The van der Waals surface area contributed by atoms with Crippen molar-refractivity contribution in [2.24, 2.45) is 5.10 Å². The molecule has 3 N–H and O–H groups in total. The van der Waals surface area contributed by atoms with Gasteiger partial charge in [0.1, 0.15) is 11.5 Å². The van der Waals surface area contributed by atoms with Gasteiger partial charge in [0.2, 0.25) is 5.91 Å². The van der Waals surface area contributed by atoms with Crippen molar-refractivity contribution in [1.82, 2.24) is 5.43 Å². The first-order chi connectivity index (χ1) is 10.0. The van der Waals surface area contributed by atoms with Crippen molar-refractivity contribution < 1.29 is 15.0 Å². The van der Waals surface area contributed by atoms with Crippen LogP contribution in [0.4, 0.5) is 0 Å². The maximum Gasteiger partial charge on any atom is 0.240 e. The minimum Gasteiger partial charge on any atom is -0.508 e. The van der Waals surface area contributed by atoms with Gasteiger partial charge in [-0.3, -0.25) is 4.79 Å². The van der Waals surface area contributed by atoms with Crippen LogP contribution in [-0.4, -0.2) is 21.8 Å². The predicted octanol–water partition coefficient (Wildman–Crippen LogP) is 3.30. The molecule has 0 saturated carbocycles. The van der Waals surface area contributed by atoms with Crippen LogP contribution in [-0.2, 0) is 4.79 Å². The highest BCUT2D eigenvalue weighted by Crippen LogP contribution is 2.22. The number of nitrogens with one attached hydrogen (secondary N) is 1. The zero-order chi connectivity index (χ0) is 15.7. The number of hydrazone groups is 1. The summed E-state index contributed by atoms with van der Waals surface area (Å²) in [6, 6.07) is 4.26. The SMILES string of the molecule is CCCCCCCC(=O)NN=C(C)c1ccc(O)cc1O. The van der Waals surface area contributed by atoms with Gasteiger partial charge in [-0.15, -0.1) is 0 Å². The van der Waals surface area contributed by atoms with Crippen molar-refractivity contribution >= 4 is 11.6 Å². The average Bonchev–Trinajstić information content (AvgIpc) is 2.44. The minimum atomic E-state index is -0.121. The van der Waals surface area contributed by atoms with Crippen LogP contribution in [0.15, 0.2) is 23.3 Å². The molecule has 0 radical (unpaired) electrons. The third-order valence-corrected chi connectivity index (χ3v) is 3.23. The summed E-state index contributed by atoms with van der Waals surface area (Å²) in [6.45, 7) is 3.84. The van der Waals surface area contributed by atoms with E-state index in [1.165, 1.54) is 25.0 Å². The highest BCUT2D eigenvalue weighted by Gasteiger charge is 2.06. The molecule has 0 aliphatic rings. The normalized spacial score (nSPS) is 11.4. The van der Waals surface area contributed by atoms with Crippen LogP contribution in [0, 0.1) is 0 Å². The number of phenols is 2. The van der Waals surface area contributed by atoms with Crippen molar-refractivity contribution in [3.05, 3.63) is 23.8 Å². The second kappa shape index (κ2) is 9.00. The number of carbonyl (C=O) groups is 1. The Hall–Kier alpha value is -2.04. The molecule has 1 aromatic rings. The molecule has 0 fully saturated rings. The molecule has 0 spiro atoms. The number of unbranched alkanes of at least 4 members (excludes halogenated alkanes) is 4. The zero-order valence-electron chi connectivity index (χ0n) is 12.7. The summed E-state index contributed by atoms with van der Waals surface area (Å²) in [6.07, 6.45) is 5.94. The molecule has 0 atom stereocenters. The fourth-order valence-electron chi connectivity index (χ4n) is 1.98. The number of phenolic OH excluding ortho intramolecular Hbond substituents is 2. The molecule has 0 bridgehead atoms. The Labute approximate surface area is 125 Å². The van der Waals surface area contributed by atoms with E-state index >= 15 is 0 Å². The van der Waals surface area contributed by atoms with E-state index in [1.807, 2.05) is 0 Å². The second-order valence-corrected chi connectivity index (χ2v) is 5.10. The van der Waals surface area contributed by atoms with E-state index in [2.05, 4.69) is 17.5 Å². The predicted molar refractivity (Wildman–Crippen MR) is 83.5 cm³/mol. The molecule has 5 heteroatoms. The van der Waals surface area contributed by atoms with Crippen LogP contribution in [0.5, 0.6) is 11.5 Å². The van der Waals surface area contributed by atoms with Crippen molar-refractivity contribution in [3.8, 4) is 11.5 Å². The van der Waals surface area contributed by atoms with E-state index in [9.17, 15) is 15.0 Å². The highest BCUT2D eigenvalue weighted by atomic mass is 16.3. The highest BCUT2D eigenvalue weighted by molar-refractivity contribution is 6.01. The van der Waals surface area contributed by atoms with Crippen molar-refractivity contribution in [1.29, 1.82) is 0 Å². The van der Waals surface area contributed by atoms with Crippen molar-refractivity contribution in [3.63, 3.8) is 0 Å². The van der Waals surface area contributed by atoms with Gasteiger partial charge in [0.05, 0.1) is 5.71 Å². The third-order valence-electron chi connectivity index (χ3n) is 3.23. The maximum absolute atomic E-state index is 11.6. The molecule has 0 aliphatic carbocycles. The minimum absolute atomic E-state index is 0.0137. The first kappa shape index (κ1) is 17.0. The number of carbonyl (C=O) groups excluding carboxylic acids is 1. The van der Waals surface area contributed by atoms with Crippen LogP contribution in [0.1, 0.15) is 57.9 Å². The molecular weight excluding hydrogens is 268 g/mol. The van der Waals surface area contributed by atoms with E-state index in [-0.39, 0.29) is 17.4 Å². The van der Waals surface area contributed by atoms with Gasteiger partial charge in [-0.1, -0.05) is 32.6 Å². The third kappa shape index (κ3) is 6.29. The first-order valence-corrected chi connectivity index (χ1v) is 7.40. The Morgan fingerprint density at radius 3 is 2.57 bits per heavy atom. The average molecular weight is 292 g/mol. The Kier molecular flexibility index (Phi) is 7.29. The summed E-state index contributed by atoms with van der Waals surface area (Å²) in [4.78, 5) is 11.6. The van der Waals surface area contributed by atoms with Gasteiger partial charge in [0.25, 0.3) is 0 Å². The molecule has 0 aromatic heterocycles. The molecule has 0 heterocycles. The molecule has 1 rings (SSSR count). The number of hydrogen-bond donors (Lipinski definition) is 3. The molecule has 0 saturated heterocycles. The van der Waals surface area contributed by atoms with E-state index in [1.54, 1.807) is 13.0 Å². The summed E-state index contributed by atoms with van der Waals surface area (Å²) in [5, 5.41) is 22.9. The molecule has 5 nitrogen and oxygen atoms in total. The Morgan fingerprint density at radius 1 is 1.19 bits per heavy atom. The number of aromatic hydroxyl groups is 2. The lowest BCUT2D eigenvalue weighted by molar-refractivity contribution is -0.121. The van der Waals surface area contributed by atoms with Gasteiger partial charge >= 0.3 is 0 Å². The molecule has 0 unspecified atom stereocenters. The fraction of sp³-hybridized carbons (Fsp3) is 0.500. The van der Waals surface area contributed by atoms with Crippen LogP contribution in [0.3, 0.4) is 0 Å². The molecule has 1 amide bonds. The summed E-state index contributed by atoms with van der Waals surface area (Å²) < 4.78 is 0. The second-order valence-electron chi connectivity index (χ2n) is 5.10. The summed E-state index contributed by atoms with van der Waals surface area (Å²) >= 11 is 0. The molecular formula is C16H24N2O3. The van der Waals surface area contributed by atoms with E-state index < -0.39 is 0 Å². The lowest BCUT2D eigenvalue weighted by atomic mass is 10.1. The number of hydrogen-bond acceptors (Lipinski definition) is 4. The number of nitrogens with zero attached hydrogens (tertiary/aromatic N) is 1. The molecule has 1 aromatic carbocycles. The van der Waals surface area contributed by atoms with Gasteiger partial charge in [-0.2, -0.15) is 5.10 Å².